The van der Waals surface area contributed by atoms with Crippen molar-refractivity contribution in [2.45, 2.75) is 37.8 Å². The van der Waals surface area contributed by atoms with Crippen molar-refractivity contribution in [3.63, 3.8) is 0 Å². The zero-order chi connectivity index (χ0) is 11.4. The summed E-state index contributed by atoms with van der Waals surface area (Å²) in [6.07, 6.45) is -4.12. The molecule has 0 unspecified atom stereocenters. The lowest BCUT2D eigenvalue weighted by atomic mass is 9.98. The second kappa shape index (κ2) is 5.41. The highest BCUT2D eigenvalue weighted by atomic mass is 16.6. The molecule has 0 radical (unpaired) electrons. The zero-order valence-corrected chi connectivity index (χ0v) is 8.50. The number of ether oxygens (including phenoxy) is 2. The minimum Gasteiger partial charge on any atom is -0.464 e. The molecule has 1 aliphatic rings. The smallest absolute Gasteiger partial charge is 0.335 e. The molecule has 1 heterocycles. The number of esters is 1. The van der Waals surface area contributed by atoms with Gasteiger partial charge in [-0.1, -0.05) is 0 Å². The number of carbonyl (C=O) groups is 1. The standard InChI is InChI=1S/C9H16O6/c1-2-14-9(13)6-3-5(11)8(12)7(4-10)15-6/h5-8,10-12H,2-4H2,1H3/t5-,6-,7-,8+/m1/s1. The maximum atomic E-state index is 11.3. The lowest BCUT2D eigenvalue weighted by molar-refractivity contribution is -0.199. The normalized spacial score (nSPS) is 36.3. The maximum Gasteiger partial charge on any atom is 0.335 e. The van der Waals surface area contributed by atoms with E-state index < -0.39 is 37.0 Å². The van der Waals surface area contributed by atoms with Crippen molar-refractivity contribution in [2.75, 3.05) is 13.2 Å². The average molecular weight is 220 g/mol. The van der Waals surface area contributed by atoms with Gasteiger partial charge in [0.1, 0.15) is 12.2 Å². The first-order chi connectivity index (χ1) is 7.10. The fourth-order valence-corrected chi connectivity index (χ4v) is 1.49. The third kappa shape index (κ3) is 2.88. The molecule has 1 rings (SSSR count). The van der Waals surface area contributed by atoms with Gasteiger partial charge in [-0.15, -0.1) is 0 Å². The Kier molecular flexibility index (Phi) is 4.46. The molecule has 0 aromatic carbocycles. The van der Waals surface area contributed by atoms with Crippen LogP contribution in [-0.4, -0.2) is 58.9 Å². The Morgan fingerprint density at radius 1 is 1.53 bits per heavy atom. The van der Waals surface area contributed by atoms with E-state index in [1.807, 2.05) is 0 Å². The molecule has 15 heavy (non-hydrogen) atoms. The van der Waals surface area contributed by atoms with E-state index in [1.165, 1.54) is 0 Å². The summed E-state index contributed by atoms with van der Waals surface area (Å²) < 4.78 is 9.82. The van der Waals surface area contributed by atoms with E-state index in [9.17, 15) is 15.0 Å². The van der Waals surface area contributed by atoms with Crippen LogP contribution in [-0.2, 0) is 14.3 Å². The van der Waals surface area contributed by atoms with E-state index in [-0.39, 0.29) is 13.0 Å². The Morgan fingerprint density at radius 3 is 2.73 bits per heavy atom. The average Bonchev–Trinajstić information content (AvgIpc) is 2.22. The van der Waals surface area contributed by atoms with Crippen LogP contribution in [0.25, 0.3) is 0 Å². The molecule has 1 saturated heterocycles. The van der Waals surface area contributed by atoms with Crippen LogP contribution in [0.15, 0.2) is 0 Å². The zero-order valence-electron chi connectivity index (χ0n) is 8.50. The number of hydrogen-bond acceptors (Lipinski definition) is 6. The van der Waals surface area contributed by atoms with Crippen LogP contribution in [0, 0.1) is 0 Å². The van der Waals surface area contributed by atoms with E-state index in [0.29, 0.717) is 0 Å². The summed E-state index contributed by atoms with van der Waals surface area (Å²) in [4.78, 5) is 11.3. The van der Waals surface area contributed by atoms with Crippen LogP contribution < -0.4 is 0 Å². The largest absolute Gasteiger partial charge is 0.464 e. The molecular weight excluding hydrogens is 204 g/mol. The van der Waals surface area contributed by atoms with Gasteiger partial charge in [0, 0.05) is 6.42 Å². The Morgan fingerprint density at radius 2 is 2.20 bits per heavy atom. The predicted octanol–water partition coefficient (Wildman–Crippen LogP) is -1.58. The maximum absolute atomic E-state index is 11.3. The van der Waals surface area contributed by atoms with E-state index in [1.54, 1.807) is 6.92 Å². The lowest BCUT2D eigenvalue weighted by Gasteiger charge is -2.35. The molecular formula is C9H16O6. The second-order valence-electron chi connectivity index (χ2n) is 3.39. The Bertz CT molecular complexity index is 219. The van der Waals surface area contributed by atoms with Gasteiger partial charge in [-0.05, 0) is 6.92 Å². The first-order valence-corrected chi connectivity index (χ1v) is 4.89. The van der Waals surface area contributed by atoms with Gasteiger partial charge in [0.25, 0.3) is 0 Å². The Hall–Kier alpha value is -0.690. The second-order valence-corrected chi connectivity index (χ2v) is 3.39. The predicted molar refractivity (Wildman–Crippen MR) is 49.0 cm³/mol. The number of aliphatic hydroxyl groups excluding tert-OH is 3. The molecule has 1 aliphatic heterocycles. The fourth-order valence-electron chi connectivity index (χ4n) is 1.49. The van der Waals surface area contributed by atoms with E-state index in [2.05, 4.69) is 0 Å². The quantitative estimate of drug-likeness (QED) is 0.497. The summed E-state index contributed by atoms with van der Waals surface area (Å²) >= 11 is 0. The minimum absolute atomic E-state index is 0.0174. The van der Waals surface area contributed by atoms with Crippen LogP contribution >= 0.6 is 0 Å². The first-order valence-electron chi connectivity index (χ1n) is 4.89. The molecule has 0 spiro atoms. The molecule has 0 aromatic heterocycles. The number of aliphatic hydroxyl groups is 3. The van der Waals surface area contributed by atoms with E-state index in [4.69, 9.17) is 14.6 Å². The third-order valence-corrected chi connectivity index (χ3v) is 2.30. The molecule has 6 nitrogen and oxygen atoms in total. The van der Waals surface area contributed by atoms with Crippen molar-refractivity contribution in [1.29, 1.82) is 0 Å². The summed E-state index contributed by atoms with van der Waals surface area (Å²) in [7, 11) is 0. The first kappa shape index (κ1) is 12.4. The van der Waals surface area contributed by atoms with Crippen molar-refractivity contribution in [3.8, 4) is 0 Å². The number of hydrogen-bond donors (Lipinski definition) is 3. The molecule has 0 bridgehead atoms. The molecule has 0 aromatic rings. The highest BCUT2D eigenvalue weighted by Crippen LogP contribution is 2.21. The highest BCUT2D eigenvalue weighted by molar-refractivity contribution is 5.74. The van der Waals surface area contributed by atoms with Gasteiger partial charge in [0.15, 0.2) is 6.10 Å². The minimum atomic E-state index is -1.17. The molecule has 88 valence electrons. The van der Waals surface area contributed by atoms with Crippen molar-refractivity contribution < 1.29 is 29.6 Å². The van der Waals surface area contributed by atoms with Crippen LogP contribution in [0.1, 0.15) is 13.3 Å². The Labute approximate surface area is 87.4 Å². The van der Waals surface area contributed by atoms with E-state index in [0.717, 1.165) is 0 Å². The van der Waals surface area contributed by atoms with Crippen LogP contribution in [0.3, 0.4) is 0 Å². The van der Waals surface area contributed by atoms with Gasteiger partial charge in [-0.2, -0.15) is 0 Å². The molecule has 1 fully saturated rings. The topological polar surface area (TPSA) is 96.2 Å². The molecule has 0 aliphatic carbocycles. The van der Waals surface area contributed by atoms with Crippen LogP contribution in [0.4, 0.5) is 0 Å². The summed E-state index contributed by atoms with van der Waals surface area (Å²) in [6.45, 7) is 1.44. The van der Waals surface area contributed by atoms with Gasteiger partial charge < -0.3 is 24.8 Å². The van der Waals surface area contributed by atoms with Gasteiger partial charge in [-0.25, -0.2) is 4.79 Å². The van der Waals surface area contributed by atoms with Gasteiger partial charge in [-0.3, -0.25) is 0 Å². The van der Waals surface area contributed by atoms with Crippen molar-refractivity contribution in [1.82, 2.24) is 0 Å². The van der Waals surface area contributed by atoms with E-state index >= 15 is 0 Å². The summed E-state index contributed by atoms with van der Waals surface area (Å²) in [5.74, 6) is -0.582. The summed E-state index contributed by atoms with van der Waals surface area (Å²) in [6, 6.07) is 0. The molecule has 0 amide bonds. The van der Waals surface area contributed by atoms with Crippen molar-refractivity contribution >= 4 is 5.97 Å². The monoisotopic (exact) mass is 220 g/mol. The van der Waals surface area contributed by atoms with Crippen molar-refractivity contribution in [3.05, 3.63) is 0 Å². The Balaban J connectivity index is 2.58. The van der Waals surface area contributed by atoms with Gasteiger partial charge >= 0.3 is 5.97 Å². The van der Waals surface area contributed by atoms with Gasteiger partial charge in [0.05, 0.1) is 19.3 Å². The van der Waals surface area contributed by atoms with Crippen LogP contribution in [0.5, 0.6) is 0 Å². The molecule has 0 saturated carbocycles. The number of rotatable bonds is 3. The highest BCUT2D eigenvalue weighted by Gasteiger charge is 2.39. The molecule has 3 N–H and O–H groups in total. The SMILES string of the molecule is CCOC(=O)[C@H]1C[C@@H](O)[C@H](O)[C@@H](CO)O1. The fraction of sp³-hybridized carbons (Fsp3) is 0.889. The van der Waals surface area contributed by atoms with Gasteiger partial charge in [0.2, 0.25) is 0 Å². The number of carbonyl (C=O) groups excluding carboxylic acids is 1. The van der Waals surface area contributed by atoms with Crippen molar-refractivity contribution in [2.24, 2.45) is 0 Å². The van der Waals surface area contributed by atoms with Crippen LogP contribution in [0.2, 0.25) is 0 Å². The molecule has 4 atom stereocenters. The molecule has 6 heteroatoms. The summed E-state index contributed by atoms with van der Waals surface area (Å²) in [5.41, 5.74) is 0. The third-order valence-electron chi connectivity index (χ3n) is 2.30. The lowest BCUT2D eigenvalue weighted by Crippen LogP contribution is -2.52. The summed E-state index contributed by atoms with van der Waals surface area (Å²) in [5, 5.41) is 27.7.